The van der Waals surface area contributed by atoms with Gasteiger partial charge in [-0.15, -0.1) is 0 Å². The zero-order valence-electron chi connectivity index (χ0n) is 7.57. The summed E-state index contributed by atoms with van der Waals surface area (Å²) < 4.78 is 8.73. The highest BCUT2D eigenvalue weighted by Crippen LogP contribution is 2.04. The van der Waals surface area contributed by atoms with Crippen LogP contribution in [0.2, 0.25) is 0 Å². The van der Waals surface area contributed by atoms with E-state index in [9.17, 15) is 9.59 Å². The summed E-state index contributed by atoms with van der Waals surface area (Å²) in [6, 6.07) is -0.899. The number of nitrogens with zero attached hydrogens (tertiary/aromatic N) is 1. The lowest BCUT2D eigenvalue weighted by Gasteiger charge is -2.01. The van der Waals surface area contributed by atoms with E-state index in [4.69, 9.17) is 6.57 Å². The second-order valence-electron chi connectivity index (χ2n) is 2.28. The van der Waals surface area contributed by atoms with E-state index in [-0.39, 0.29) is 12.8 Å². The van der Waals surface area contributed by atoms with Crippen molar-refractivity contribution in [2.45, 2.75) is 18.9 Å². The highest BCUT2D eigenvalue weighted by Gasteiger charge is 2.24. The lowest BCUT2D eigenvalue weighted by Crippen LogP contribution is -2.19. The molecule has 0 fully saturated rings. The minimum Gasteiger partial charge on any atom is -0.469 e. The van der Waals surface area contributed by atoms with E-state index in [1.54, 1.807) is 0 Å². The summed E-state index contributed by atoms with van der Waals surface area (Å²) in [5.74, 6) is -1.04. The number of methoxy groups -OCH3 is 2. The van der Waals surface area contributed by atoms with Crippen molar-refractivity contribution in [2.75, 3.05) is 14.2 Å². The Morgan fingerprint density at radius 1 is 1.38 bits per heavy atom. The third-order valence-corrected chi connectivity index (χ3v) is 1.48. The Morgan fingerprint density at radius 3 is 2.38 bits per heavy atom. The molecule has 0 aromatic carbocycles. The maximum Gasteiger partial charge on any atom is 0.389 e. The largest absolute Gasteiger partial charge is 0.469 e. The van der Waals surface area contributed by atoms with E-state index in [2.05, 4.69) is 14.3 Å². The lowest BCUT2D eigenvalue weighted by atomic mass is 10.2. The molecule has 5 nitrogen and oxygen atoms in total. The summed E-state index contributed by atoms with van der Waals surface area (Å²) in [5.41, 5.74) is 0. The Balaban J connectivity index is 3.94. The highest BCUT2D eigenvalue weighted by atomic mass is 16.5. The van der Waals surface area contributed by atoms with Crippen molar-refractivity contribution in [1.29, 1.82) is 0 Å². The van der Waals surface area contributed by atoms with E-state index in [1.165, 1.54) is 14.2 Å². The van der Waals surface area contributed by atoms with Crippen molar-refractivity contribution in [3.63, 3.8) is 0 Å². The second-order valence-corrected chi connectivity index (χ2v) is 2.28. The predicted molar refractivity (Wildman–Crippen MR) is 43.7 cm³/mol. The van der Waals surface area contributed by atoms with Crippen LogP contribution < -0.4 is 0 Å². The van der Waals surface area contributed by atoms with Crippen LogP contribution >= 0.6 is 0 Å². The molecule has 0 aliphatic carbocycles. The molecule has 0 rings (SSSR count). The molecule has 5 heteroatoms. The molecule has 13 heavy (non-hydrogen) atoms. The summed E-state index contributed by atoms with van der Waals surface area (Å²) in [4.78, 5) is 24.6. The molecular formula is C8H11NO4. The number of rotatable bonds is 4. The van der Waals surface area contributed by atoms with Crippen LogP contribution in [0, 0.1) is 6.57 Å². The van der Waals surface area contributed by atoms with Crippen molar-refractivity contribution in [2.24, 2.45) is 0 Å². The van der Waals surface area contributed by atoms with Crippen LogP contribution in [-0.2, 0) is 19.1 Å². The monoisotopic (exact) mass is 185 g/mol. The standard InChI is InChI=1S/C8H11NO4/c1-9-6(8(11)13-3)4-5-7(10)12-2/h6H,4-5H2,2-3H3/t6-/m0/s1. The zero-order chi connectivity index (χ0) is 10.3. The molecule has 1 atom stereocenters. The fraction of sp³-hybridized carbons (Fsp3) is 0.625. The first-order valence-electron chi connectivity index (χ1n) is 3.67. The van der Waals surface area contributed by atoms with Crippen LogP contribution in [0.25, 0.3) is 4.85 Å². The van der Waals surface area contributed by atoms with E-state index >= 15 is 0 Å². The molecule has 0 aliphatic heterocycles. The third kappa shape index (κ3) is 4.11. The molecule has 0 amide bonds. The predicted octanol–water partition coefficient (Wildman–Crippen LogP) is 0.400. The van der Waals surface area contributed by atoms with Crippen LogP contribution in [-0.4, -0.2) is 32.2 Å². The zero-order valence-corrected chi connectivity index (χ0v) is 7.57. The molecule has 0 saturated carbocycles. The van der Waals surface area contributed by atoms with Gasteiger partial charge < -0.3 is 14.3 Å². The molecule has 0 bridgehead atoms. The summed E-state index contributed by atoms with van der Waals surface area (Å²) in [7, 11) is 2.46. The average molecular weight is 185 g/mol. The Labute approximate surface area is 76.4 Å². The van der Waals surface area contributed by atoms with Gasteiger partial charge in [-0.05, 0) is 0 Å². The molecule has 0 unspecified atom stereocenters. The first kappa shape index (κ1) is 11.4. The Kier molecular flexibility index (Phi) is 5.28. The van der Waals surface area contributed by atoms with Gasteiger partial charge in [-0.25, -0.2) is 11.4 Å². The van der Waals surface area contributed by atoms with Gasteiger partial charge in [0.1, 0.15) is 0 Å². The van der Waals surface area contributed by atoms with Crippen LogP contribution in [0.15, 0.2) is 0 Å². The van der Waals surface area contributed by atoms with Gasteiger partial charge in [-0.3, -0.25) is 4.79 Å². The van der Waals surface area contributed by atoms with Gasteiger partial charge in [0.15, 0.2) is 0 Å². The highest BCUT2D eigenvalue weighted by molar-refractivity contribution is 5.78. The maximum atomic E-state index is 10.9. The quantitative estimate of drug-likeness (QED) is 0.470. The average Bonchev–Trinajstić information content (AvgIpc) is 2.17. The molecule has 0 radical (unpaired) electrons. The first-order valence-corrected chi connectivity index (χ1v) is 3.67. The number of carbonyl (C=O) groups is 2. The molecule has 0 aliphatic rings. The first-order chi connectivity index (χ1) is 6.15. The number of hydrogen-bond donors (Lipinski definition) is 0. The molecule has 0 heterocycles. The van der Waals surface area contributed by atoms with Crippen molar-refractivity contribution >= 4 is 11.9 Å². The number of hydrogen-bond acceptors (Lipinski definition) is 4. The summed E-state index contributed by atoms with van der Waals surface area (Å²) in [6.45, 7) is 6.67. The smallest absolute Gasteiger partial charge is 0.389 e. The SMILES string of the molecule is [C-]#[N+][C@@H](CCC(=O)OC)C(=O)OC. The Hall–Kier alpha value is -1.57. The Morgan fingerprint density at radius 2 is 2.00 bits per heavy atom. The molecule has 0 aromatic heterocycles. The van der Waals surface area contributed by atoms with Crippen molar-refractivity contribution in [3.8, 4) is 0 Å². The fourth-order valence-corrected chi connectivity index (χ4v) is 0.728. The molecule has 0 N–H and O–H groups in total. The van der Waals surface area contributed by atoms with Gasteiger partial charge in [-0.1, -0.05) is 0 Å². The van der Waals surface area contributed by atoms with Crippen molar-refractivity contribution in [1.82, 2.24) is 0 Å². The molecule has 0 saturated heterocycles. The van der Waals surface area contributed by atoms with Crippen molar-refractivity contribution < 1.29 is 19.1 Å². The third-order valence-electron chi connectivity index (χ3n) is 1.48. The summed E-state index contributed by atoms with van der Waals surface area (Å²) >= 11 is 0. The van der Waals surface area contributed by atoms with E-state index < -0.39 is 18.0 Å². The van der Waals surface area contributed by atoms with Gasteiger partial charge in [0.05, 0.1) is 20.6 Å². The van der Waals surface area contributed by atoms with Gasteiger partial charge >= 0.3 is 18.0 Å². The molecule has 72 valence electrons. The molecule has 0 spiro atoms. The van der Waals surface area contributed by atoms with Crippen LogP contribution in [0.1, 0.15) is 12.8 Å². The minimum absolute atomic E-state index is 0.0542. The fourth-order valence-electron chi connectivity index (χ4n) is 0.728. The van der Waals surface area contributed by atoms with Crippen LogP contribution in [0.3, 0.4) is 0 Å². The van der Waals surface area contributed by atoms with Crippen LogP contribution in [0.5, 0.6) is 0 Å². The summed E-state index contributed by atoms with van der Waals surface area (Å²) in [6.07, 6.45) is 0.196. The second kappa shape index (κ2) is 6.00. The number of ether oxygens (including phenoxy) is 2. The summed E-state index contributed by atoms with van der Waals surface area (Å²) in [5, 5.41) is 0. The van der Waals surface area contributed by atoms with E-state index in [0.717, 1.165) is 0 Å². The normalized spacial score (nSPS) is 11.2. The minimum atomic E-state index is -0.899. The van der Waals surface area contributed by atoms with Gasteiger partial charge in [0.2, 0.25) is 0 Å². The number of esters is 2. The molecular weight excluding hydrogens is 174 g/mol. The van der Waals surface area contributed by atoms with Crippen LogP contribution in [0.4, 0.5) is 0 Å². The topological polar surface area (TPSA) is 57.0 Å². The van der Waals surface area contributed by atoms with E-state index in [1.807, 2.05) is 0 Å². The van der Waals surface area contributed by atoms with Gasteiger partial charge in [0.25, 0.3) is 0 Å². The van der Waals surface area contributed by atoms with Gasteiger partial charge in [-0.2, -0.15) is 0 Å². The Bertz CT molecular complexity index is 231. The van der Waals surface area contributed by atoms with Gasteiger partial charge in [0, 0.05) is 6.42 Å². The maximum absolute atomic E-state index is 10.9. The lowest BCUT2D eigenvalue weighted by molar-refractivity contribution is -0.142. The number of carbonyl (C=O) groups excluding carboxylic acids is 2. The van der Waals surface area contributed by atoms with E-state index in [0.29, 0.717) is 0 Å². The molecule has 0 aromatic rings. The van der Waals surface area contributed by atoms with Crippen molar-refractivity contribution in [3.05, 3.63) is 11.4 Å².